The summed E-state index contributed by atoms with van der Waals surface area (Å²) in [7, 11) is 0. The molecule has 166 valence electrons. The van der Waals surface area contributed by atoms with Gasteiger partial charge in [0, 0.05) is 18.8 Å². The molecule has 1 fully saturated rings. The van der Waals surface area contributed by atoms with E-state index in [0.29, 0.717) is 47.7 Å². The number of piperidine rings is 1. The number of phenols is 1. The number of carboxylic acids is 1. The molecule has 9 nitrogen and oxygen atoms in total. The highest BCUT2D eigenvalue weighted by molar-refractivity contribution is 7.17. The zero-order valence-corrected chi connectivity index (χ0v) is 18.1. The number of aryl methyl sites for hydroxylation is 1. The van der Waals surface area contributed by atoms with Crippen LogP contribution < -0.4 is 10.1 Å². The maximum Gasteiger partial charge on any atom is 0.306 e. The van der Waals surface area contributed by atoms with Gasteiger partial charge in [-0.15, -0.1) is 0 Å². The van der Waals surface area contributed by atoms with Gasteiger partial charge < -0.3 is 25.2 Å². The summed E-state index contributed by atoms with van der Waals surface area (Å²) in [4.78, 5) is 34.2. The zero-order valence-electron chi connectivity index (χ0n) is 17.3. The van der Waals surface area contributed by atoms with E-state index in [1.54, 1.807) is 17.2 Å². The van der Waals surface area contributed by atoms with E-state index in [0.717, 1.165) is 5.69 Å². The van der Waals surface area contributed by atoms with Crippen molar-refractivity contribution in [3.63, 3.8) is 0 Å². The summed E-state index contributed by atoms with van der Waals surface area (Å²) >= 11 is 1.28. The summed E-state index contributed by atoms with van der Waals surface area (Å²) in [6, 6.07) is 10.1. The molecule has 0 unspecified atom stereocenters. The van der Waals surface area contributed by atoms with Gasteiger partial charge in [0.25, 0.3) is 5.91 Å². The predicted octanol–water partition coefficient (Wildman–Crippen LogP) is 4.02. The van der Waals surface area contributed by atoms with Crippen LogP contribution >= 0.6 is 11.3 Å². The number of benzene rings is 1. The molecule has 1 aliphatic rings. The molecule has 0 spiro atoms. The second-order valence-corrected chi connectivity index (χ2v) is 8.45. The van der Waals surface area contributed by atoms with E-state index in [4.69, 9.17) is 9.84 Å². The van der Waals surface area contributed by atoms with Crippen LogP contribution in [0.3, 0.4) is 0 Å². The lowest BCUT2D eigenvalue weighted by Gasteiger charge is -2.30. The first-order valence-electron chi connectivity index (χ1n) is 10.1. The SMILES string of the molecule is Cc1cccc(Nc2ncc(Oc3ccc(O)c(C(=O)N4CCC(C(=O)O)CC4)c3)s2)n1. The fourth-order valence-corrected chi connectivity index (χ4v) is 4.15. The van der Waals surface area contributed by atoms with E-state index in [1.165, 1.54) is 23.5 Å². The average molecular weight is 455 g/mol. The molecule has 1 amide bonds. The first-order valence-corrected chi connectivity index (χ1v) is 10.9. The number of aromatic nitrogens is 2. The van der Waals surface area contributed by atoms with Crippen molar-refractivity contribution in [1.29, 1.82) is 0 Å². The number of phenolic OH excluding ortho intramolecular Hbond substituents is 1. The number of carboxylic acid groups (broad SMARTS) is 1. The molecule has 10 heteroatoms. The van der Waals surface area contributed by atoms with Crippen molar-refractivity contribution < 1.29 is 24.5 Å². The Morgan fingerprint density at radius 3 is 2.72 bits per heavy atom. The monoisotopic (exact) mass is 454 g/mol. The van der Waals surface area contributed by atoms with Crippen molar-refractivity contribution in [2.24, 2.45) is 5.92 Å². The van der Waals surface area contributed by atoms with Crippen LogP contribution in [0.2, 0.25) is 0 Å². The van der Waals surface area contributed by atoms with Crippen LogP contribution in [0, 0.1) is 12.8 Å². The van der Waals surface area contributed by atoms with Gasteiger partial charge in [0.2, 0.25) is 5.06 Å². The summed E-state index contributed by atoms with van der Waals surface area (Å²) in [5, 5.41) is 23.6. The number of anilines is 2. The van der Waals surface area contributed by atoms with Crippen molar-refractivity contribution >= 4 is 34.2 Å². The summed E-state index contributed by atoms with van der Waals surface area (Å²) in [6.07, 6.45) is 2.35. The number of pyridine rings is 1. The van der Waals surface area contributed by atoms with E-state index in [2.05, 4.69) is 15.3 Å². The van der Waals surface area contributed by atoms with E-state index >= 15 is 0 Å². The summed E-state index contributed by atoms with van der Waals surface area (Å²) in [5.41, 5.74) is 1.000. The van der Waals surface area contributed by atoms with Crippen molar-refractivity contribution in [2.45, 2.75) is 19.8 Å². The molecule has 1 saturated heterocycles. The molecule has 32 heavy (non-hydrogen) atoms. The number of thiazole rings is 1. The van der Waals surface area contributed by atoms with Crippen LogP contribution in [-0.4, -0.2) is 50.0 Å². The average Bonchev–Trinajstić information content (AvgIpc) is 3.21. The molecule has 3 heterocycles. The number of rotatable bonds is 6. The molecule has 1 aromatic carbocycles. The largest absolute Gasteiger partial charge is 0.507 e. The first kappa shape index (κ1) is 21.6. The number of nitrogens with one attached hydrogen (secondary N) is 1. The van der Waals surface area contributed by atoms with Crippen molar-refractivity contribution in [3.05, 3.63) is 53.9 Å². The lowest BCUT2D eigenvalue weighted by atomic mass is 9.96. The molecule has 0 atom stereocenters. The van der Waals surface area contributed by atoms with Gasteiger partial charge in [-0.2, -0.15) is 0 Å². The Hall–Kier alpha value is -3.66. The summed E-state index contributed by atoms with van der Waals surface area (Å²) in [5.74, 6) is -0.724. The molecule has 4 rings (SSSR count). The highest BCUT2D eigenvalue weighted by Gasteiger charge is 2.28. The maximum atomic E-state index is 12.9. The van der Waals surface area contributed by atoms with Gasteiger partial charge in [-0.3, -0.25) is 9.59 Å². The number of hydrogen-bond donors (Lipinski definition) is 3. The van der Waals surface area contributed by atoms with E-state index < -0.39 is 11.9 Å². The Kier molecular flexibility index (Phi) is 6.22. The molecular weight excluding hydrogens is 432 g/mol. The van der Waals surface area contributed by atoms with E-state index in [9.17, 15) is 14.7 Å². The minimum Gasteiger partial charge on any atom is -0.507 e. The predicted molar refractivity (Wildman–Crippen MR) is 119 cm³/mol. The van der Waals surface area contributed by atoms with Crippen LogP contribution in [0.1, 0.15) is 28.9 Å². The van der Waals surface area contributed by atoms with Gasteiger partial charge in [-0.25, -0.2) is 9.97 Å². The third-order valence-corrected chi connectivity index (χ3v) is 5.95. The number of nitrogens with zero attached hydrogens (tertiary/aromatic N) is 3. The lowest BCUT2D eigenvalue weighted by molar-refractivity contribution is -0.143. The Morgan fingerprint density at radius 2 is 2.00 bits per heavy atom. The number of carbonyl (C=O) groups excluding carboxylic acids is 1. The smallest absolute Gasteiger partial charge is 0.306 e. The third-order valence-electron chi connectivity index (χ3n) is 5.16. The van der Waals surface area contributed by atoms with Gasteiger partial charge in [0.1, 0.15) is 17.3 Å². The standard InChI is InChI=1S/C22H22N4O5S/c1-13-3-2-4-18(24-13)25-22-23-12-19(32-22)31-15-5-6-17(27)16(11-15)20(28)26-9-7-14(8-10-26)21(29)30/h2-6,11-12,14,27H,7-10H2,1H3,(H,29,30)(H,23,24,25). The van der Waals surface area contributed by atoms with Gasteiger partial charge in [-0.1, -0.05) is 17.4 Å². The maximum absolute atomic E-state index is 12.9. The lowest BCUT2D eigenvalue weighted by Crippen LogP contribution is -2.40. The highest BCUT2D eigenvalue weighted by atomic mass is 32.1. The fourth-order valence-electron chi connectivity index (χ4n) is 3.45. The number of aliphatic carboxylic acids is 1. The van der Waals surface area contributed by atoms with Crippen molar-refractivity contribution in [2.75, 3.05) is 18.4 Å². The Balaban J connectivity index is 1.43. The van der Waals surface area contributed by atoms with Crippen molar-refractivity contribution in [3.8, 4) is 16.6 Å². The van der Waals surface area contributed by atoms with Gasteiger partial charge in [0.15, 0.2) is 5.13 Å². The summed E-state index contributed by atoms with van der Waals surface area (Å²) in [6.45, 7) is 2.56. The minimum atomic E-state index is -0.841. The second kappa shape index (κ2) is 9.23. The normalized spacial score (nSPS) is 14.2. The fraction of sp³-hybridized carbons (Fsp3) is 0.273. The number of hydrogen-bond acceptors (Lipinski definition) is 8. The molecule has 0 saturated carbocycles. The number of carbonyl (C=O) groups is 2. The Labute approximate surface area is 188 Å². The van der Waals surface area contributed by atoms with E-state index in [-0.39, 0.29) is 17.2 Å². The van der Waals surface area contributed by atoms with Gasteiger partial charge >= 0.3 is 5.97 Å². The first-order chi connectivity index (χ1) is 15.4. The van der Waals surface area contributed by atoms with Crippen LogP contribution in [0.5, 0.6) is 16.6 Å². The quantitative estimate of drug-likeness (QED) is 0.510. The second-order valence-electron chi connectivity index (χ2n) is 7.46. The van der Waals surface area contributed by atoms with Crippen molar-refractivity contribution in [1.82, 2.24) is 14.9 Å². The number of aromatic hydroxyl groups is 1. The molecule has 0 bridgehead atoms. The third kappa shape index (κ3) is 4.97. The van der Waals surface area contributed by atoms with Gasteiger partial charge in [0.05, 0.1) is 17.7 Å². The molecule has 0 radical (unpaired) electrons. The minimum absolute atomic E-state index is 0.114. The van der Waals surface area contributed by atoms with Crippen LogP contribution in [0.25, 0.3) is 0 Å². The van der Waals surface area contributed by atoms with E-state index in [1.807, 2.05) is 25.1 Å². The van der Waals surface area contributed by atoms with Crippen LogP contribution in [0.15, 0.2) is 42.6 Å². The Bertz CT molecular complexity index is 1140. The van der Waals surface area contributed by atoms with Crippen LogP contribution in [-0.2, 0) is 4.79 Å². The highest BCUT2D eigenvalue weighted by Crippen LogP contribution is 2.34. The Morgan fingerprint density at radius 1 is 1.22 bits per heavy atom. The molecular formula is C22H22N4O5S. The van der Waals surface area contributed by atoms with Gasteiger partial charge in [-0.05, 0) is 50.1 Å². The number of ether oxygens (including phenoxy) is 1. The number of amides is 1. The zero-order chi connectivity index (χ0) is 22.7. The molecule has 3 aromatic rings. The molecule has 0 aliphatic carbocycles. The summed E-state index contributed by atoms with van der Waals surface area (Å²) < 4.78 is 5.84. The molecule has 2 aromatic heterocycles. The topological polar surface area (TPSA) is 125 Å². The molecule has 3 N–H and O–H groups in total. The molecule has 1 aliphatic heterocycles. The number of likely N-dealkylation sites (tertiary alicyclic amines) is 1. The van der Waals surface area contributed by atoms with Crippen LogP contribution in [0.4, 0.5) is 10.9 Å².